The van der Waals surface area contributed by atoms with Gasteiger partial charge in [-0.05, 0) is 32.5 Å². The Morgan fingerprint density at radius 1 is 1.69 bits per heavy atom. The summed E-state index contributed by atoms with van der Waals surface area (Å²) < 4.78 is 0. The molecular formula is C11H17ClN4. The van der Waals surface area contributed by atoms with Crippen LogP contribution in [0.3, 0.4) is 0 Å². The average molecular weight is 241 g/mol. The van der Waals surface area contributed by atoms with E-state index in [0.717, 1.165) is 12.4 Å². The molecule has 0 bridgehead atoms. The predicted molar refractivity (Wildman–Crippen MR) is 67.8 cm³/mol. The van der Waals surface area contributed by atoms with Crippen molar-refractivity contribution in [2.45, 2.75) is 18.9 Å². The Balaban J connectivity index is 1.94. The van der Waals surface area contributed by atoms with Crippen molar-refractivity contribution >= 4 is 23.1 Å². The number of hydrogen-bond acceptors (Lipinski definition) is 4. The van der Waals surface area contributed by atoms with E-state index in [1.54, 1.807) is 12.3 Å². The largest absolute Gasteiger partial charge is 0.396 e. The number of nitrogens with zero attached hydrogens (tertiary/aromatic N) is 2. The number of nitrogen functional groups attached to an aromatic ring is 1. The summed E-state index contributed by atoms with van der Waals surface area (Å²) in [6, 6.07) is 2.30. The van der Waals surface area contributed by atoms with E-state index in [1.165, 1.54) is 19.4 Å². The highest BCUT2D eigenvalue weighted by molar-refractivity contribution is 6.30. The minimum absolute atomic E-state index is 0.570. The second-order valence-corrected chi connectivity index (χ2v) is 4.69. The van der Waals surface area contributed by atoms with Crippen molar-refractivity contribution in [3.8, 4) is 0 Å². The lowest BCUT2D eigenvalue weighted by Gasteiger charge is -2.20. The molecule has 88 valence electrons. The fraction of sp³-hybridized carbons (Fsp3) is 0.545. The number of hydrogen-bond donors (Lipinski definition) is 2. The fourth-order valence-corrected chi connectivity index (χ4v) is 2.22. The van der Waals surface area contributed by atoms with E-state index in [9.17, 15) is 0 Å². The maximum absolute atomic E-state index is 5.82. The van der Waals surface area contributed by atoms with Gasteiger partial charge in [0.2, 0.25) is 0 Å². The van der Waals surface area contributed by atoms with Crippen LogP contribution in [0.5, 0.6) is 0 Å². The number of halogens is 1. The van der Waals surface area contributed by atoms with Gasteiger partial charge in [0.1, 0.15) is 5.82 Å². The number of likely N-dealkylation sites (tertiary alicyclic amines) is 1. The van der Waals surface area contributed by atoms with Gasteiger partial charge in [-0.15, -0.1) is 0 Å². The number of aromatic nitrogens is 1. The third-order valence-electron chi connectivity index (χ3n) is 3.06. The Kier molecular flexibility index (Phi) is 3.51. The summed E-state index contributed by atoms with van der Waals surface area (Å²) >= 11 is 5.79. The van der Waals surface area contributed by atoms with Crippen molar-refractivity contribution in [2.24, 2.45) is 0 Å². The molecule has 0 saturated carbocycles. The molecule has 0 aliphatic carbocycles. The first-order valence-corrected chi connectivity index (χ1v) is 5.90. The van der Waals surface area contributed by atoms with Crippen molar-refractivity contribution in [1.29, 1.82) is 0 Å². The number of rotatable bonds is 3. The van der Waals surface area contributed by atoms with E-state index >= 15 is 0 Å². The van der Waals surface area contributed by atoms with Gasteiger partial charge in [-0.2, -0.15) is 0 Å². The third kappa shape index (κ3) is 2.57. The molecule has 1 atom stereocenters. The van der Waals surface area contributed by atoms with Gasteiger partial charge in [0, 0.05) is 18.8 Å². The molecule has 1 unspecified atom stereocenters. The highest BCUT2D eigenvalue weighted by Crippen LogP contribution is 2.21. The number of likely N-dealkylation sites (N-methyl/N-ethyl adjacent to an activating group) is 1. The predicted octanol–water partition coefficient (Wildman–Crippen LogP) is 1.82. The zero-order chi connectivity index (χ0) is 11.5. The first kappa shape index (κ1) is 11.5. The molecule has 1 aliphatic rings. The van der Waals surface area contributed by atoms with Gasteiger partial charge in [0.15, 0.2) is 0 Å². The second kappa shape index (κ2) is 4.89. The zero-order valence-corrected chi connectivity index (χ0v) is 10.2. The zero-order valence-electron chi connectivity index (χ0n) is 9.41. The van der Waals surface area contributed by atoms with Gasteiger partial charge in [-0.3, -0.25) is 0 Å². The minimum Gasteiger partial charge on any atom is -0.396 e. The summed E-state index contributed by atoms with van der Waals surface area (Å²) in [7, 11) is 2.15. The van der Waals surface area contributed by atoms with Crippen LogP contribution in [0.4, 0.5) is 11.5 Å². The van der Waals surface area contributed by atoms with Gasteiger partial charge < -0.3 is 16.0 Å². The molecule has 0 radical (unpaired) electrons. The molecule has 1 aliphatic heterocycles. The first-order valence-electron chi connectivity index (χ1n) is 5.52. The van der Waals surface area contributed by atoms with Crippen LogP contribution in [0.15, 0.2) is 12.3 Å². The maximum atomic E-state index is 5.82. The van der Waals surface area contributed by atoms with Crippen LogP contribution in [-0.2, 0) is 0 Å². The molecule has 0 amide bonds. The van der Waals surface area contributed by atoms with Crippen LogP contribution in [-0.4, -0.2) is 36.1 Å². The van der Waals surface area contributed by atoms with Crippen molar-refractivity contribution in [3.05, 3.63) is 17.3 Å². The minimum atomic E-state index is 0.570. The Hall–Kier alpha value is -1.00. The van der Waals surface area contributed by atoms with Gasteiger partial charge in [-0.1, -0.05) is 11.6 Å². The summed E-state index contributed by atoms with van der Waals surface area (Å²) in [4.78, 5) is 6.54. The van der Waals surface area contributed by atoms with E-state index in [-0.39, 0.29) is 0 Å². The van der Waals surface area contributed by atoms with E-state index in [2.05, 4.69) is 22.2 Å². The molecular weight excluding hydrogens is 224 g/mol. The molecule has 2 heterocycles. The summed E-state index contributed by atoms with van der Waals surface area (Å²) in [5.74, 6) is 0.727. The molecule has 1 aromatic rings. The Morgan fingerprint density at radius 2 is 2.50 bits per heavy atom. The van der Waals surface area contributed by atoms with Crippen LogP contribution in [0.1, 0.15) is 12.8 Å². The smallest absolute Gasteiger partial charge is 0.149 e. The number of pyridine rings is 1. The quantitative estimate of drug-likeness (QED) is 0.847. The monoisotopic (exact) mass is 240 g/mol. The second-order valence-electron chi connectivity index (χ2n) is 4.25. The molecule has 1 aromatic heterocycles. The number of nitrogens with one attached hydrogen (secondary N) is 1. The Labute approximate surface area is 101 Å². The third-order valence-corrected chi connectivity index (χ3v) is 3.27. The van der Waals surface area contributed by atoms with Gasteiger partial charge in [0.25, 0.3) is 0 Å². The summed E-state index contributed by atoms with van der Waals surface area (Å²) in [6.45, 7) is 2.06. The van der Waals surface area contributed by atoms with Crippen LogP contribution in [0.25, 0.3) is 0 Å². The van der Waals surface area contributed by atoms with Crippen LogP contribution < -0.4 is 11.1 Å². The van der Waals surface area contributed by atoms with Gasteiger partial charge in [0.05, 0.1) is 10.7 Å². The highest BCUT2D eigenvalue weighted by Gasteiger charge is 2.20. The fourth-order valence-electron chi connectivity index (χ4n) is 2.05. The normalized spacial score (nSPS) is 21.2. The summed E-state index contributed by atoms with van der Waals surface area (Å²) in [5, 5.41) is 3.85. The standard InChI is InChI=1S/C11H17ClN4/c1-16-4-2-3-9(16)7-15-11-10(13)5-8(12)6-14-11/h5-6,9H,2-4,7,13H2,1H3,(H,14,15). The molecule has 0 spiro atoms. The summed E-state index contributed by atoms with van der Waals surface area (Å²) in [5.41, 5.74) is 6.42. The van der Waals surface area contributed by atoms with Crippen LogP contribution in [0.2, 0.25) is 5.02 Å². The lowest BCUT2D eigenvalue weighted by Crippen LogP contribution is -2.31. The lowest BCUT2D eigenvalue weighted by molar-refractivity contribution is 0.322. The highest BCUT2D eigenvalue weighted by atomic mass is 35.5. The van der Waals surface area contributed by atoms with Crippen molar-refractivity contribution in [3.63, 3.8) is 0 Å². The van der Waals surface area contributed by atoms with E-state index in [4.69, 9.17) is 17.3 Å². The number of nitrogens with two attached hydrogens (primary N) is 1. The van der Waals surface area contributed by atoms with Crippen LogP contribution >= 0.6 is 11.6 Å². The van der Waals surface area contributed by atoms with Crippen molar-refractivity contribution < 1.29 is 0 Å². The topological polar surface area (TPSA) is 54.2 Å². The molecule has 1 saturated heterocycles. The van der Waals surface area contributed by atoms with Crippen molar-refractivity contribution in [2.75, 3.05) is 31.2 Å². The molecule has 4 nitrogen and oxygen atoms in total. The summed E-state index contributed by atoms with van der Waals surface area (Å²) in [6.07, 6.45) is 4.11. The average Bonchev–Trinajstić information content (AvgIpc) is 2.63. The molecule has 1 fully saturated rings. The van der Waals surface area contributed by atoms with Crippen LogP contribution in [0, 0.1) is 0 Å². The van der Waals surface area contributed by atoms with Crippen molar-refractivity contribution in [1.82, 2.24) is 9.88 Å². The molecule has 0 aromatic carbocycles. The van der Waals surface area contributed by atoms with E-state index in [1.807, 2.05) is 0 Å². The number of anilines is 2. The Bertz CT molecular complexity index is 369. The van der Waals surface area contributed by atoms with Gasteiger partial charge >= 0.3 is 0 Å². The van der Waals surface area contributed by atoms with E-state index in [0.29, 0.717) is 16.8 Å². The molecule has 3 N–H and O–H groups in total. The first-order chi connectivity index (χ1) is 7.66. The van der Waals surface area contributed by atoms with Gasteiger partial charge in [-0.25, -0.2) is 4.98 Å². The van der Waals surface area contributed by atoms with E-state index < -0.39 is 0 Å². The molecule has 16 heavy (non-hydrogen) atoms. The SMILES string of the molecule is CN1CCCC1CNc1ncc(Cl)cc1N. The molecule has 5 heteroatoms. The Morgan fingerprint density at radius 3 is 3.12 bits per heavy atom. The lowest BCUT2D eigenvalue weighted by atomic mass is 10.2. The maximum Gasteiger partial charge on any atom is 0.149 e. The molecule has 2 rings (SSSR count).